The first kappa shape index (κ1) is 24.6. The molecule has 0 unspecified atom stereocenters. The van der Waals surface area contributed by atoms with Crippen LogP contribution >= 0.6 is 24.0 Å². The first-order chi connectivity index (χ1) is 15.6. The van der Waals surface area contributed by atoms with Crippen LogP contribution in [0.4, 0.5) is 0 Å². The zero-order valence-electron chi connectivity index (χ0n) is 19.0. The number of fused-ring (bicyclic) bond motifs is 1. The Kier molecular flexibility index (Phi) is 8.75. The van der Waals surface area contributed by atoms with E-state index in [-0.39, 0.29) is 30.8 Å². The van der Waals surface area contributed by atoms with Crippen molar-refractivity contribution >= 4 is 29.9 Å². The molecule has 0 aliphatic carbocycles. The summed E-state index contributed by atoms with van der Waals surface area (Å²) in [7, 11) is 3.62. The quantitative estimate of drug-likeness (QED) is 0.247. The average molecular weight is 564 g/mol. The number of methoxy groups -OCH3 is 1. The normalized spacial score (nSPS) is 12.3. The first-order valence-electron chi connectivity index (χ1n) is 10.5. The number of guanidine groups is 1. The fraction of sp³-hybridized carbons (Fsp3) is 0.348. The molecule has 0 fully saturated rings. The van der Waals surface area contributed by atoms with Gasteiger partial charge in [0, 0.05) is 13.6 Å². The number of halogens is 1. The van der Waals surface area contributed by atoms with Gasteiger partial charge in [-0.05, 0) is 48.7 Å². The maximum absolute atomic E-state index is 5.47. The van der Waals surface area contributed by atoms with Crippen molar-refractivity contribution in [2.75, 3.05) is 20.4 Å². The van der Waals surface area contributed by atoms with E-state index in [1.165, 1.54) is 5.56 Å². The van der Waals surface area contributed by atoms with E-state index < -0.39 is 0 Å². The van der Waals surface area contributed by atoms with Gasteiger partial charge >= 0.3 is 0 Å². The molecule has 0 spiro atoms. The molecule has 0 bridgehead atoms. The zero-order valence-corrected chi connectivity index (χ0v) is 21.3. The molecule has 1 aromatic heterocycles. The number of hydrogen-bond donors (Lipinski definition) is 2. The van der Waals surface area contributed by atoms with Crippen LogP contribution in [0, 0.1) is 6.92 Å². The number of hydrogen-bond acceptors (Lipinski definition) is 6. The Morgan fingerprint density at radius 3 is 2.55 bits per heavy atom. The molecule has 2 aromatic carbocycles. The second-order valence-corrected chi connectivity index (χ2v) is 7.45. The van der Waals surface area contributed by atoms with E-state index >= 15 is 0 Å². The molecule has 0 atom stereocenters. The van der Waals surface area contributed by atoms with E-state index in [0.29, 0.717) is 19.0 Å². The summed E-state index contributed by atoms with van der Waals surface area (Å²) in [5.74, 6) is 4.80. The molecule has 0 saturated carbocycles. The lowest BCUT2D eigenvalue weighted by molar-refractivity contribution is 0.174. The number of rotatable bonds is 8. The largest absolute Gasteiger partial charge is 0.497 e. The van der Waals surface area contributed by atoms with Crippen molar-refractivity contribution in [3.05, 3.63) is 65.2 Å². The SMILES string of the molecule is COc1ccc(CCNC(=NCc2ccc3c(c2)OCO3)NCc2nnc(C)n2C)cc1.I. The number of benzene rings is 2. The molecule has 3 aromatic rings. The molecule has 10 heteroatoms. The van der Waals surface area contributed by atoms with Gasteiger partial charge in [-0.1, -0.05) is 18.2 Å². The number of nitrogens with zero attached hydrogens (tertiary/aromatic N) is 4. The smallest absolute Gasteiger partial charge is 0.231 e. The second kappa shape index (κ2) is 11.7. The van der Waals surface area contributed by atoms with Gasteiger partial charge in [0.2, 0.25) is 6.79 Å². The van der Waals surface area contributed by atoms with Gasteiger partial charge in [-0.3, -0.25) is 0 Å². The van der Waals surface area contributed by atoms with Gasteiger partial charge < -0.3 is 29.4 Å². The lowest BCUT2D eigenvalue weighted by Crippen LogP contribution is -2.38. The van der Waals surface area contributed by atoms with E-state index in [9.17, 15) is 0 Å². The predicted octanol–water partition coefficient (Wildman–Crippen LogP) is 2.96. The monoisotopic (exact) mass is 564 g/mol. The fourth-order valence-electron chi connectivity index (χ4n) is 3.27. The molecule has 0 radical (unpaired) electrons. The molecule has 9 nitrogen and oxygen atoms in total. The maximum Gasteiger partial charge on any atom is 0.231 e. The summed E-state index contributed by atoms with van der Waals surface area (Å²) < 4.78 is 18.0. The van der Waals surface area contributed by atoms with Crippen LogP contribution in [0.2, 0.25) is 0 Å². The van der Waals surface area contributed by atoms with Gasteiger partial charge in [0.1, 0.15) is 11.6 Å². The standard InChI is InChI=1S/C23H28N6O3.HI/c1-16-27-28-22(29(16)2)14-26-23(24-11-10-17-4-7-19(30-3)8-5-17)25-13-18-6-9-20-21(12-18)32-15-31-20;/h4-9,12H,10-11,13-15H2,1-3H3,(H2,24,25,26);1H. The van der Waals surface area contributed by atoms with E-state index in [2.05, 4.69) is 33.0 Å². The molecule has 1 aliphatic heterocycles. The number of aliphatic imine (C=N–C) groups is 1. The molecule has 0 amide bonds. The van der Waals surface area contributed by atoms with Crippen molar-refractivity contribution in [2.24, 2.45) is 12.0 Å². The van der Waals surface area contributed by atoms with Gasteiger partial charge in [-0.15, -0.1) is 34.2 Å². The lowest BCUT2D eigenvalue weighted by Gasteiger charge is -2.13. The highest BCUT2D eigenvalue weighted by atomic mass is 127. The zero-order chi connectivity index (χ0) is 22.3. The van der Waals surface area contributed by atoms with Gasteiger partial charge in [-0.2, -0.15) is 0 Å². The predicted molar refractivity (Wildman–Crippen MR) is 136 cm³/mol. The highest BCUT2D eigenvalue weighted by Gasteiger charge is 2.13. The molecular weight excluding hydrogens is 535 g/mol. The van der Waals surface area contributed by atoms with Crippen molar-refractivity contribution in [3.63, 3.8) is 0 Å². The molecule has 4 rings (SSSR count). The minimum Gasteiger partial charge on any atom is -0.497 e. The Balaban J connectivity index is 0.00000306. The third-order valence-corrected chi connectivity index (χ3v) is 5.32. The minimum atomic E-state index is 0. The Morgan fingerprint density at radius 1 is 1.06 bits per heavy atom. The fourth-order valence-corrected chi connectivity index (χ4v) is 3.27. The van der Waals surface area contributed by atoms with E-state index in [1.54, 1.807) is 7.11 Å². The number of nitrogens with one attached hydrogen (secondary N) is 2. The summed E-state index contributed by atoms with van der Waals surface area (Å²) in [6.07, 6.45) is 0.859. The van der Waals surface area contributed by atoms with Crippen molar-refractivity contribution < 1.29 is 14.2 Å². The molecule has 33 heavy (non-hydrogen) atoms. The second-order valence-electron chi connectivity index (χ2n) is 7.45. The lowest BCUT2D eigenvalue weighted by atomic mass is 10.1. The van der Waals surface area contributed by atoms with Gasteiger partial charge in [0.25, 0.3) is 0 Å². The number of aryl methyl sites for hydroxylation is 1. The molecule has 176 valence electrons. The average Bonchev–Trinajstić information content (AvgIpc) is 3.42. The van der Waals surface area contributed by atoms with Crippen LogP contribution in [0.5, 0.6) is 17.2 Å². The number of ether oxygens (including phenoxy) is 3. The number of aromatic nitrogens is 3. The Labute approximate surface area is 210 Å². The van der Waals surface area contributed by atoms with E-state index in [1.807, 2.05) is 48.9 Å². The summed E-state index contributed by atoms with van der Waals surface area (Å²) in [5, 5.41) is 15.1. The minimum absolute atomic E-state index is 0. The molecule has 0 saturated heterocycles. The highest BCUT2D eigenvalue weighted by Crippen LogP contribution is 2.32. The van der Waals surface area contributed by atoms with Crippen LogP contribution < -0.4 is 24.8 Å². The van der Waals surface area contributed by atoms with Crippen molar-refractivity contribution in [3.8, 4) is 17.2 Å². The molecule has 1 aliphatic rings. The van der Waals surface area contributed by atoms with Crippen LogP contribution in [0.3, 0.4) is 0 Å². The molecular formula is C23H29IN6O3. The topological polar surface area (TPSA) is 94.8 Å². The maximum atomic E-state index is 5.47. The molecule has 2 heterocycles. The summed E-state index contributed by atoms with van der Waals surface area (Å²) >= 11 is 0. The third kappa shape index (κ3) is 6.50. The molecule has 2 N–H and O–H groups in total. The van der Waals surface area contributed by atoms with Crippen LogP contribution in [0.25, 0.3) is 0 Å². The van der Waals surface area contributed by atoms with Gasteiger partial charge in [-0.25, -0.2) is 4.99 Å². The van der Waals surface area contributed by atoms with Gasteiger partial charge in [0.05, 0.1) is 20.2 Å². The van der Waals surface area contributed by atoms with E-state index in [0.717, 1.165) is 47.4 Å². The van der Waals surface area contributed by atoms with Crippen LogP contribution in [-0.2, 0) is 26.6 Å². The van der Waals surface area contributed by atoms with Crippen molar-refractivity contribution in [2.45, 2.75) is 26.4 Å². The Morgan fingerprint density at radius 2 is 1.82 bits per heavy atom. The van der Waals surface area contributed by atoms with Crippen LogP contribution in [0.15, 0.2) is 47.5 Å². The summed E-state index contributed by atoms with van der Waals surface area (Å²) in [6, 6.07) is 14.0. The van der Waals surface area contributed by atoms with Crippen molar-refractivity contribution in [1.29, 1.82) is 0 Å². The van der Waals surface area contributed by atoms with Crippen LogP contribution in [0.1, 0.15) is 22.8 Å². The Hall–Kier alpha value is -3.02. The third-order valence-electron chi connectivity index (χ3n) is 5.32. The summed E-state index contributed by atoms with van der Waals surface area (Å²) in [6.45, 7) is 3.95. The van der Waals surface area contributed by atoms with E-state index in [4.69, 9.17) is 19.2 Å². The van der Waals surface area contributed by atoms with Crippen LogP contribution in [-0.4, -0.2) is 41.2 Å². The van der Waals surface area contributed by atoms with Gasteiger partial charge in [0.15, 0.2) is 23.3 Å². The highest BCUT2D eigenvalue weighted by molar-refractivity contribution is 14.0. The first-order valence-corrected chi connectivity index (χ1v) is 10.5. The van der Waals surface area contributed by atoms with Crippen molar-refractivity contribution in [1.82, 2.24) is 25.4 Å². The summed E-state index contributed by atoms with van der Waals surface area (Å²) in [5.41, 5.74) is 2.26. The Bertz CT molecular complexity index is 1080. The summed E-state index contributed by atoms with van der Waals surface area (Å²) in [4.78, 5) is 4.75.